The third-order valence-corrected chi connectivity index (χ3v) is 5.41. The van der Waals surface area contributed by atoms with Gasteiger partial charge in [0, 0.05) is 5.56 Å². The summed E-state index contributed by atoms with van der Waals surface area (Å²) in [6.07, 6.45) is 0. The Hall–Kier alpha value is -2.71. The van der Waals surface area contributed by atoms with E-state index < -0.39 is 34.4 Å². The molecule has 0 aliphatic carbocycles. The lowest BCUT2D eigenvalue weighted by atomic mass is 10.1. The van der Waals surface area contributed by atoms with E-state index in [1.54, 1.807) is 36.4 Å². The van der Waals surface area contributed by atoms with E-state index in [2.05, 4.69) is 4.72 Å². The number of rotatable bonds is 9. The second-order valence-corrected chi connectivity index (χ2v) is 7.86. The van der Waals surface area contributed by atoms with E-state index in [1.165, 1.54) is 19.1 Å². The highest BCUT2D eigenvalue weighted by Gasteiger charge is 2.23. The van der Waals surface area contributed by atoms with Gasteiger partial charge in [-0.05, 0) is 57.2 Å². The van der Waals surface area contributed by atoms with Crippen LogP contribution >= 0.6 is 0 Å². The van der Waals surface area contributed by atoms with Crippen LogP contribution in [0.2, 0.25) is 0 Å². The quantitative estimate of drug-likeness (QED) is 0.508. The summed E-state index contributed by atoms with van der Waals surface area (Å²) in [7, 11) is -3.87. The molecule has 2 aromatic rings. The molecule has 0 heterocycles. The monoisotopic (exact) mass is 405 g/mol. The van der Waals surface area contributed by atoms with E-state index in [0.717, 1.165) is 5.56 Å². The summed E-state index contributed by atoms with van der Waals surface area (Å²) in [6.45, 7) is 5.08. The first-order valence-electron chi connectivity index (χ1n) is 8.74. The van der Waals surface area contributed by atoms with Gasteiger partial charge in [0.25, 0.3) is 0 Å². The predicted octanol–water partition coefficient (Wildman–Crippen LogP) is 2.49. The van der Waals surface area contributed by atoms with E-state index >= 15 is 0 Å². The van der Waals surface area contributed by atoms with Crippen LogP contribution in [0.3, 0.4) is 0 Å². The van der Waals surface area contributed by atoms with Gasteiger partial charge in [0.1, 0.15) is 11.8 Å². The minimum atomic E-state index is -3.87. The highest BCUT2D eigenvalue weighted by Crippen LogP contribution is 2.13. The average Bonchev–Trinajstić information content (AvgIpc) is 2.66. The standard InChI is InChI=1S/C20H23NO6S/c1-4-26-17-9-7-16(8-10-17)19(22)13-27-20(23)15(3)21-28(24,25)18-11-5-14(2)6-12-18/h5-12,15,21H,4,13H2,1-3H3/t15-/m0/s1. The number of hydrogen-bond donors (Lipinski definition) is 1. The van der Waals surface area contributed by atoms with Crippen LogP contribution in [0.5, 0.6) is 5.75 Å². The number of esters is 1. The van der Waals surface area contributed by atoms with Crippen molar-refractivity contribution >= 4 is 21.8 Å². The molecule has 0 unspecified atom stereocenters. The van der Waals surface area contributed by atoms with E-state index in [9.17, 15) is 18.0 Å². The Morgan fingerprint density at radius 3 is 2.21 bits per heavy atom. The molecule has 150 valence electrons. The van der Waals surface area contributed by atoms with Gasteiger partial charge in [-0.15, -0.1) is 0 Å². The fourth-order valence-corrected chi connectivity index (χ4v) is 3.51. The molecule has 7 nitrogen and oxygen atoms in total. The number of aryl methyl sites for hydroxylation is 1. The van der Waals surface area contributed by atoms with Crippen molar-refractivity contribution in [1.29, 1.82) is 0 Å². The first-order chi connectivity index (χ1) is 13.2. The van der Waals surface area contributed by atoms with Crippen molar-refractivity contribution in [1.82, 2.24) is 4.72 Å². The molecule has 0 aliphatic rings. The molecular formula is C20H23NO6S. The third-order valence-electron chi connectivity index (χ3n) is 3.85. The summed E-state index contributed by atoms with van der Waals surface area (Å²) >= 11 is 0. The second-order valence-electron chi connectivity index (χ2n) is 6.14. The van der Waals surface area contributed by atoms with Crippen molar-refractivity contribution < 1.29 is 27.5 Å². The zero-order valence-corrected chi connectivity index (χ0v) is 16.8. The van der Waals surface area contributed by atoms with Crippen LogP contribution in [0.25, 0.3) is 0 Å². The molecule has 0 aliphatic heterocycles. The average molecular weight is 405 g/mol. The molecule has 0 saturated heterocycles. The number of Topliss-reactive ketones (excluding diaryl/α,β-unsaturated/α-hetero) is 1. The molecule has 28 heavy (non-hydrogen) atoms. The molecule has 0 fully saturated rings. The largest absolute Gasteiger partial charge is 0.494 e. The van der Waals surface area contributed by atoms with Crippen LogP contribution in [-0.4, -0.2) is 39.4 Å². The molecule has 8 heteroatoms. The Kier molecular flexibility index (Phi) is 7.31. The maximum Gasteiger partial charge on any atom is 0.324 e. The van der Waals surface area contributed by atoms with Crippen molar-refractivity contribution in [3.63, 3.8) is 0 Å². The maximum absolute atomic E-state index is 12.3. The molecule has 0 amide bonds. The van der Waals surface area contributed by atoms with E-state index in [4.69, 9.17) is 9.47 Å². The fraction of sp³-hybridized carbons (Fsp3) is 0.300. The van der Waals surface area contributed by atoms with Gasteiger partial charge in [-0.1, -0.05) is 17.7 Å². The summed E-state index contributed by atoms with van der Waals surface area (Å²) in [5, 5.41) is 0. The Labute approximate surface area is 164 Å². The van der Waals surface area contributed by atoms with Gasteiger partial charge < -0.3 is 9.47 Å². The van der Waals surface area contributed by atoms with Crippen molar-refractivity contribution in [3.8, 4) is 5.75 Å². The topological polar surface area (TPSA) is 98.8 Å². The van der Waals surface area contributed by atoms with Crippen molar-refractivity contribution in [2.24, 2.45) is 0 Å². The number of carbonyl (C=O) groups excluding carboxylic acids is 2. The molecule has 0 radical (unpaired) electrons. The first kappa shape index (κ1) is 21.6. The Balaban J connectivity index is 1.91. The normalized spacial score (nSPS) is 12.2. The van der Waals surface area contributed by atoms with Crippen LogP contribution in [0.4, 0.5) is 0 Å². The highest BCUT2D eigenvalue weighted by molar-refractivity contribution is 7.89. The molecule has 0 saturated carbocycles. The maximum atomic E-state index is 12.3. The Morgan fingerprint density at radius 2 is 1.64 bits per heavy atom. The van der Waals surface area contributed by atoms with Crippen LogP contribution in [-0.2, 0) is 19.6 Å². The van der Waals surface area contributed by atoms with E-state index in [1.807, 2.05) is 13.8 Å². The summed E-state index contributed by atoms with van der Waals surface area (Å²) in [6, 6.07) is 11.5. The van der Waals surface area contributed by atoms with Crippen LogP contribution in [0.15, 0.2) is 53.4 Å². The third kappa shape index (κ3) is 5.90. The van der Waals surface area contributed by atoms with Crippen LogP contribution < -0.4 is 9.46 Å². The summed E-state index contributed by atoms with van der Waals surface area (Å²) in [4.78, 5) is 24.2. The summed E-state index contributed by atoms with van der Waals surface area (Å²) in [5.74, 6) is -0.602. The van der Waals surface area contributed by atoms with Gasteiger partial charge in [-0.3, -0.25) is 9.59 Å². The molecule has 0 aromatic heterocycles. The number of carbonyl (C=O) groups is 2. The van der Waals surface area contributed by atoms with Crippen molar-refractivity contribution in [3.05, 3.63) is 59.7 Å². The lowest BCUT2D eigenvalue weighted by Crippen LogP contribution is -2.40. The number of nitrogens with one attached hydrogen (secondary N) is 1. The molecule has 0 spiro atoms. The van der Waals surface area contributed by atoms with Gasteiger partial charge in [0.2, 0.25) is 10.0 Å². The number of benzene rings is 2. The predicted molar refractivity (Wildman–Crippen MR) is 104 cm³/mol. The van der Waals surface area contributed by atoms with Gasteiger partial charge in [0.05, 0.1) is 11.5 Å². The minimum absolute atomic E-state index is 0.0446. The Morgan fingerprint density at radius 1 is 1.04 bits per heavy atom. The minimum Gasteiger partial charge on any atom is -0.494 e. The first-order valence-corrected chi connectivity index (χ1v) is 10.2. The second kappa shape index (κ2) is 9.48. The highest BCUT2D eigenvalue weighted by atomic mass is 32.2. The summed E-state index contributed by atoms with van der Waals surface area (Å²) in [5.41, 5.74) is 1.28. The smallest absolute Gasteiger partial charge is 0.324 e. The number of ketones is 1. The molecule has 2 rings (SSSR count). The Bertz CT molecular complexity index is 920. The van der Waals surface area contributed by atoms with Gasteiger partial charge in [-0.25, -0.2) is 8.42 Å². The number of ether oxygens (including phenoxy) is 2. The van der Waals surface area contributed by atoms with Crippen LogP contribution in [0.1, 0.15) is 29.8 Å². The van der Waals surface area contributed by atoms with E-state index in [0.29, 0.717) is 17.9 Å². The SMILES string of the molecule is CCOc1ccc(C(=O)COC(=O)[C@H](C)NS(=O)(=O)c2ccc(C)cc2)cc1. The molecule has 1 N–H and O–H groups in total. The van der Waals surface area contributed by atoms with Gasteiger partial charge in [0.15, 0.2) is 12.4 Å². The summed E-state index contributed by atoms with van der Waals surface area (Å²) < 4.78 is 37.1. The molecule has 1 atom stereocenters. The molecule has 0 bridgehead atoms. The zero-order chi connectivity index (χ0) is 20.7. The molecule has 2 aromatic carbocycles. The van der Waals surface area contributed by atoms with Crippen LogP contribution in [0, 0.1) is 6.92 Å². The lowest BCUT2D eigenvalue weighted by molar-refractivity contribution is -0.144. The van der Waals surface area contributed by atoms with Crippen molar-refractivity contribution in [2.75, 3.05) is 13.2 Å². The lowest BCUT2D eigenvalue weighted by Gasteiger charge is -2.14. The van der Waals surface area contributed by atoms with E-state index in [-0.39, 0.29) is 4.90 Å². The number of hydrogen-bond acceptors (Lipinski definition) is 6. The zero-order valence-electron chi connectivity index (χ0n) is 16.0. The van der Waals surface area contributed by atoms with Gasteiger partial charge in [-0.2, -0.15) is 4.72 Å². The fourth-order valence-electron chi connectivity index (χ4n) is 2.32. The molecular weight excluding hydrogens is 382 g/mol. The van der Waals surface area contributed by atoms with Crippen molar-refractivity contribution in [2.45, 2.75) is 31.7 Å². The number of sulfonamides is 1. The van der Waals surface area contributed by atoms with Gasteiger partial charge >= 0.3 is 5.97 Å².